The second-order valence-electron chi connectivity index (χ2n) is 7.03. The Morgan fingerprint density at radius 3 is 2.54 bits per heavy atom. The largest absolute Gasteiger partial charge is 0.243 e. The summed E-state index contributed by atoms with van der Waals surface area (Å²) in [5.41, 5.74) is 4.14. The van der Waals surface area contributed by atoms with Gasteiger partial charge in [0.1, 0.15) is 5.82 Å². The first-order valence-electron chi connectivity index (χ1n) is 9.03. The van der Waals surface area contributed by atoms with E-state index in [1.54, 1.807) is 24.4 Å². The van der Waals surface area contributed by atoms with Crippen LogP contribution in [0.25, 0.3) is 11.4 Å². The molecule has 1 aromatic heterocycles. The Bertz CT molecular complexity index is 1140. The molecule has 0 fully saturated rings. The highest BCUT2D eigenvalue weighted by molar-refractivity contribution is 7.89. The average molecular weight is 397 g/mol. The number of benzene rings is 2. The summed E-state index contributed by atoms with van der Waals surface area (Å²) >= 11 is 0. The monoisotopic (exact) mass is 397 g/mol. The minimum Gasteiger partial charge on any atom is -0.236 e. The van der Waals surface area contributed by atoms with Crippen molar-refractivity contribution < 1.29 is 12.8 Å². The van der Waals surface area contributed by atoms with Gasteiger partial charge in [0.2, 0.25) is 10.0 Å². The summed E-state index contributed by atoms with van der Waals surface area (Å²) in [4.78, 5) is 9.27. The summed E-state index contributed by atoms with van der Waals surface area (Å²) in [5, 5.41) is 0. The predicted molar refractivity (Wildman–Crippen MR) is 105 cm³/mol. The Hall–Kier alpha value is -2.64. The smallest absolute Gasteiger partial charge is 0.236 e. The van der Waals surface area contributed by atoms with Gasteiger partial charge in [-0.3, -0.25) is 0 Å². The van der Waals surface area contributed by atoms with Crippen molar-refractivity contribution in [3.8, 4) is 11.4 Å². The van der Waals surface area contributed by atoms with Crippen molar-refractivity contribution in [1.29, 1.82) is 0 Å². The van der Waals surface area contributed by atoms with E-state index in [4.69, 9.17) is 0 Å². The van der Waals surface area contributed by atoms with Gasteiger partial charge in [-0.05, 0) is 49.7 Å². The molecule has 0 radical (unpaired) electrons. The first-order chi connectivity index (χ1) is 13.3. The van der Waals surface area contributed by atoms with Crippen molar-refractivity contribution in [3.05, 3.63) is 76.9 Å². The first-order valence-corrected chi connectivity index (χ1v) is 10.5. The van der Waals surface area contributed by atoms with Crippen LogP contribution in [0.15, 0.2) is 53.6 Å². The highest BCUT2D eigenvalue weighted by atomic mass is 32.2. The molecular formula is C21H20FN3O2S. The van der Waals surface area contributed by atoms with Crippen LogP contribution in [-0.2, 0) is 23.0 Å². The van der Waals surface area contributed by atoms with E-state index in [0.717, 1.165) is 27.9 Å². The molecule has 144 valence electrons. The molecule has 3 aromatic rings. The van der Waals surface area contributed by atoms with E-state index >= 15 is 0 Å². The van der Waals surface area contributed by atoms with Crippen LogP contribution >= 0.6 is 0 Å². The second kappa shape index (κ2) is 7.07. The molecule has 5 nitrogen and oxygen atoms in total. The van der Waals surface area contributed by atoms with Crippen molar-refractivity contribution in [1.82, 2.24) is 14.3 Å². The normalized spacial score (nSPS) is 14.7. The van der Waals surface area contributed by atoms with Crippen LogP contribution in [0.4, 0.5) is 4.39 Å². The van der Waals surface area contributed by atoms with E-state index in [-0.39, 0.29) is 12.4 Å². The van der Waals surface area contributed by atoms with Crippen LogP contribution < -0.4 is 0 Å². The number of nitrogens with zero attached hydrogens (tertiary/aromatic N) is 3. The molecule has 0 N–H and O–H groups in total. The van der Waals surface area contributed by atoms with Crippen molar-refractivity contribution in [3.63, 3.8) is 0 Å². The Kier molecular flexibility index (Phi) is 4.72. The van der Waals surface area contributed by atoms with E-state index in [9.17, 15) is 12.8 Å². The number of fused-ring (bicyclic) bond motifs is 1. The Morgan fingerprint density at radius 2 is 1.82 bits per heavy atom. The van der Waals surface area contributed by atoms with Gasteiger partial charge in [0.15, 0.2) is 5.82 Å². The van der Waals surface area contributed by atoms with Gasteiger partial charge in [-0.25, -0.2) is 22.8 Å². The summed E-state index contributed by atoms with van der Waals surface area (Å²) in [6.45, 7) is 4.36. The maximum absolute atomic E-state index is 13.1. The van der Waals surface area contributed by atoms with Crippen LogP contribution in [0.5, 0.6) is 0 Å². The van der Waals surface area contributed by atoms with Gasteiger partial charge < -0.3 is 0 Å². The number of halogens is 1. The minimum atomic E-state index is -3.58. The van der Waals surface area contributed by atoms with E-state index in [1.807, 2.05) is 26.0 Å². The first kappa shape index (κ1) is 18.7. The van der Waals surface area contributed by atoms with Crippen LogP contribution in [-0.4, -0.2) is 29.2 Å². The number of hydrogen-bond acceptors (Lipinski definition) is 4. The van der Waals surface area contributed by atoms with E-state index in [2.05, 4.69) is 9.97 Å². The zero-order chi connectivity index (χ0) is 19.9. The fourth-order valence-corrected chi connectivity index (χ4v) is 5.09. The van der Waals surface area contributed by atoms with Gasteiger partial charge in [-0.15, -0.1) is 0 Å². The summed E-state index contributed by atoms with van der Waals surface area (Å²) in [7, 11) is -3.58. The SMILES string of the molecule is Cc1ccc(S(=O)(=O)N2CCc3nc(-c4ccc(F)cc4)ncc3C2)c(C)c1. The van der Waals surface area contributed by atoms with Crippen molar-refractivity contribution >= 4 is 10.0 Å². The molecule has 0 aliphatic carbocycles. The van der Waals surface area contributed by atoms with Gasteiger partial charge >= 0.3 is 0 Å². The molecule has 0 bridgehead atoms. The van der Waals surface area contributed by atoms with E-state index in [0.29, 0.717) is 23.7 Å². The van der Waals surface area contributed by atoms with Gasteiger partial charge in [0, 0.05) is 36.8 Å². The van der Waals surface area contributed by atoms with Gasteiger partial charge in [0.05, 0.1) is 10.6 Å². The minimum absolute atomic E-state index is 0.245. The summed E-state index contributed by atoms with van der Waals surface area (Å²) < 4.78 is 40.8. The molecule has 0 unspecified atom stereocenters. The molecule has 1 aliphatic rings. The molecule has 2 heterocycles. The van der Waals surface area contributed by atoms with Gasteiger partial charge in [-0.1, -0.05) is 17.7 Å². The molecule has 0 saturated heterocycles. The average Bonchev–Trinajstić information content (AvgIpc) is 2.67. The third-order valence-corrected chi connectivity index (χ3v) is 6.95. The number of sulfonamides is 1. The summed E-state index contributed by atoms with van der Waals surface area (Å²) in [6, 6.07) is 11.4. The fraction of sp³-hybridized carbons (Fsp3) is 0.238. The number of hydrogen-bond donors (Lipinski definition) is 0. The van der Waals surface area contributed by atoms with Crippen LogP contribution in [0.1, 0.15) is 22.4 Å². The highest BCUT2D eigenvalue weighted by Crippen LogP contribution is 2.27. The summed E-state index contributed by atoms with van der Waals surface area (Å²) in [6.07, 6.45) is 2.18. The Morgan fingerprint density at radius 1 is 1.07 bits per heavy atom. The lowest BCUT2D eigenvalue weighted by atomic mass is 10.1. The van der Waals surface area contributed by atoms with Crippen molar-refractivity contribution in [2.24, 2.45) is 0 Å². The maximum Gasteiger partial charge on any atom is 0.243 e. The lowest BCUT2D eigenvalue weighted by Gasteiger charge is -2.28. The number of aromatic nitrogens is 2. The predicted octanol–water partition coefficient (Wildman–Crippen LogP) is 3.65. The molecule has 1 aliphatic heterocycles. The lowest BCUT2D eigenvalue weighted by molar-refractivity contribution is 0.386. The zero-order valence-corrected chi connectivity index (χ0v) is 16.5. The van der Waals surface area contributed by atoms with Crippen LogP contribution in [0.3, 0.4) is 0 Å². The quantitative estimate of drug-likeness (QED) is 0.677. The van der Waals surface area contributed by atoms with Crippen molar-refractivity contribution in [2.75, 3.05) is 6.54 Å². The molecule has 0 saturated carbocycles. The van der Waals surface area contributed by atoms with Crippen molar-refractivity contribution in [2.45, 2.75) is 31.7 Å². The maximum atomic E-state index is 13.1. The lowest BCUT2D eigenvalue weighted by Crippen LogP contribution is -2.36. The third kappa shape index (κ3) is 3.43. The fourth-order valence-electron chi connectivity index (χ4n) is 3.46. The molecule has 0 spiro atoms. The Labute approximate surface area is 163 Å². The third-order valence-electron chi connectivity index (χ3n) is 4.95. The highest BCUT2D eigenvalue weighted by Gasteiger charge is 2.30. The van der Waals surface area contributed by atoms with Gasteiger partial charge in [0.25, 0.3) is 0 Å². The molecule has 28 heavy (non-hydrogen) atoms. The number of rotatable bonds is 3. The molecule has 4 rings (SSSR count). The molecule has 7 heteroatoms. The van der Waals surface area contributed by atoms with E-state index in [1.165, 1.54) is 16.4 Å². The zero-order valence-electron chi connectivity index (χ0n) is 15.7. The molecule has 0 atom stereocenters. The molecule has 2 aromatic carbocycles. The Balaban J connectivity index is 1.62. The molecular weight excluding hydrogens is 377 g/mol. The summed E-state index contributed by atoms with van der Waals surface area (Å²) in [5.74, 6) is 0.207. The molecule has 0 amide bonds. The topological polar surface area (TPSA) is 63.2 Å². The number of aryl methyl sites for hydroxylation is 2. The second-order valence-corrected chi connectivity index (χ2v) is 8.94. The van der Waals surface area contributed by atoms with Gasteiger partial charge in [-0.2, -0.15) is 4.31 Å². The van der Waals surface area contributed by atoms with Crippen LogP contribution in [0.2, 0.25) is 0 Å². The van der Waals surface area contributed by atoms with E-state index < -0.39 is 10.0 Å². The van der Waals surface area contributed by atoms with Crippen LogP contribution in [0, 0.1) is 19.7 Å². The standard InChI is InChI=1S/C21H20FN3O2S/c1-14-3-8-20(15(2)11-14)28(26,27)25-10-9-19-17(13-25)12-23-21(24-19)16-4-6-18(22)7-5-16/h3-8,11-12H,9-10,13H2,1-2H3.